The summed E-state index contributed by atoms with van der Waals surface area (Å²) in [7, 11) is 0. The van der Waals surface area contributed by atoms with E-state index in [2.05, 4.69) is 20.4 Å². The minimum Gasteiger partial charge on any atom is -0.399 e. The number of aromatic nitrogens is 2. The van der Waals surface area contributed by atoms with Crippen molar-refractivity contribution < 1.29 is 4.79 Å². The van der Waals surface area contributed by atoms with Gasteiger partial charge in [-0.2, -0.15) is 5.10 Å². The topological polar surface area (TPSA) is 87.0 Å². The van der Waals surface area contributed by atoms with Crippen molar-refractivity contribution in [1.82, 2.24) is 20.4 Å². The summed E-state index contributed by atoms with van der Waals surface area (Å²) in [6.07, 6.45) is 2.36. The van der Waals surface area contributed by atoms with Gasteiger partial charge in [0.25, 0.3) is 5.91 Å². The average molecular weight is 285 g/mol. The van der Waals surface area contributed by atoms with Crippen molar-refractivity contribution in [3.63, 3.8) is 0 Å². The SMILES string of the molecule is Nc1ccc2[nH]nc(C(=O)N[C@H]3CN4CCC3CC4)c2c1. The summed E-state index contributed by atoms with van der Waals surface area (Å²) >= 11 is 0. The maximum atomic E-state index is 12.5. The molecular weight excluding hydrogens is 266 g/mol. The second kappa shape index (κ2) is 4.73. The molecule has 1 aromatic heterocycles. The maximum absolute atomic E-state index is 12.5. The number of aromatic amines is 1. The van der Waals surface area contributed by atoms with E-state index in [1.807, 2.05) is 6.07 Å². The molecule has 110 valence electrons. The number of H-pyrrole nitrogens is 1. The number of nitrogens with two attached hydrogens (primary N) is 1. The minimum atomic E-state index is -0.106. The summed E-state index contributed by atoms with van der Waals surface area (Å²) in [4.78, 5) is 14.9. The molecule has 0 aliphatic carbocycles. The van der Waals surface area contributed by atoms with E-state index >= 15 is 0 Å². The zero-order valence-corrected chi connectivity index (χ0v) is 11.8. The largest absolute Gasteiger partial charge is 0.399 e. The molecule has 0 radical (unpaired) electrons. The maximum Gasteiger partial charge on any atom is 0.272 e. The lowest BCUT2D eigenvalue weighted by molar-refractivity contribution is 0.0618. The molecule has 5 rings (SSSR count). The van der Waals surface area contributed by atoms with Gasteiger partial charge >= 0.3 is 0 Å². The Morgan fingerprint density at radius 1 is 1.38 bits per heavy atom. The summed E-state index contributed by atoms with van der Waals surface area (Å²) in [5.74, 6) is 0.500. The number of rotatable bonds is 2. The van der Waals surface area contributed by atoms with Gasteiger partial charge in [-0.3, -0.25) is 9.89 Å². The Hall–Kier alpha value is -2.08. The number of carbonyl (C=O) groups is 1. The molecule has 1 atom stereocenters. The number of hydrogen-bond donors (Lipinski definition) is 3. The second-order valence-corrected chi connectivity index (χ2v) is 6.10. The highest BCUT2D eigenvalue weighted by Gasteiger charge is 2.35. The molecule has 6 nitrogen and oxygen atoms in total. The van der Waals surface area contributed by atoms with Crippen molar-refractivity contribution in [2.45, 2.75) is 18.9 Å². The van der Waals surface area contributed by atoms with E-state index in [4.69, 9.17) is 5.73 Å². The smallest absolute Gasteiger partial charge is 0.272 e. The molecule has 2 aromatic rings. The van der Waals surface area contributed by atoms with Crippen LogP contribution in [0.5, 0.6) is 0 Å². The van der Waals surface area contributed by atoms with Crippen molar-refractivity contribution in [2.75, 3.05) is 25.4 Å². The van der Waals surface area contributed by atoms with Crippen LogP contribution >= 0.6 is 0 Å². The number of fused-ring (bicyclic) bond motifs is 4. The van der Waals surface area contributed by atoms with Crippen LogP contribution in [0.3, 0.4) is 0 Å². The number of piperidine rings is 3. The van der Waals surface area contributed by atoms with Gasteiger partial charge in [0, 0.05) is 23.7 Å². The highest BCUT2D eigenvalue weighted by molar-refractivity contribution is 6.05. The molecule has 2 bridgehead atoms. The molecule has 3 fully saturated rings. The van der Waals surface area contributed by atoms with E-state index in [0.717, 1.165) is 17.4 Å². The predicted octanol–water partition coefficient (Wildman–Crippen LogP) is 0.969. The van der Waals surface area contributed by atoms with Crippen LogP contribution in [0.2, 0.25) is 0 Å². The van der Waals surface area contributed by atoms with Gasteiger partial charge in [0.1, 0.15) is 0 Å². The first-order valence-corrected chi connectivity index (χ1v) is 7.47. The average Bonchev–Trinajstić information content (AvgIpc) is 2.91. The Bertz CT molecular complexity index is 686. The van der Waals surface area contributed by atoms with Crippen LogP contribution in [-0.4, -0.2) is 46.7 Å². The van der Waals surface area contributed by atoms with Crippen LogP contribution in [0.4, 0.5) is 5.69 Å². The molecule has 6 heteroatoms. The molecule has 3 aliphatic heterocycles. The molecule has 0 saturated carbocycles. The van der Waals surface area contributed by atoms with Crippen molar-refractivity contribution >= 4 is 22.5 Å². The van der Waals surface area contributed by atoms with Crippen LogP contribution in [0.15, 0.2) is 18.2 Å². The molecule has 1 aromatic carbocycles. The van der Waals surface area contributed by atoms with E-state index in [1.54, 1.807) is 12.1 Å². The standard InChI is InChI=1S/C15H19N5O/c16-10-1-2-12-11(7-10)14(19-18-12)15(21)17-13-8-20-5-3-9(13)4-6-20/h1-2,7,9,13H,3-6,8,16H2,(H,17,21)(H,18,19)/t13-/m0/s1. The quantitative estimate of drug-likeness (QED) is 0.718. The Morgan fingerprint density at radius 3 is 2.90 bits per heavy atom. The first-order valence-electron chi connectivity index (χ1n) is 7.47. The third-order valence-corrected chi connectivity index (χ3v) is 4.77. The van der Waals surface area contributed by atoms with Crippen LogP contribution in [0.25, 0.3) is 10.9 Å². The Labute approximate surface area is 122 Å². The van der Waals surface area contributed by atoms with Crippen LogP contribution < -0.4 is 11.1 Å². The zero-order chi connectivity index (χ0) is 14.4. The zero-order valence-electron chi connectivity index (χ0n) is 11.8. The fraction of sp³-hybridized carbons (Fsp3) is 0.467. The molecule has 4 N–H and O–H groups in total. The molecule has 1 amide bonds. The van der Waals surface area contributed by atoms with E-state index in [-0.39, 0.29) is 11.9 Å². The summed E-state index contributed by atoms with van der Waals surface area (Å²) in [6, 6.07) is 5.69. The van der Waals surface area contributed by atoms with Crippen LogP contribution in [-0.2, 0) is 0 Å². The number of hydrogen-bond acceptors (Lipinski definition) is 4. The number of nitrogen functional groups attached to an aromatic ring is 1. The van der Waals surface area contributed by atoms with Gasteiger partial charge in [-0.05, 0) is 50.0 Å². The third kappa shape index (κ3) is 2.15. The van der Waals surface area contributed by atoms with Crippen molar-refractivity contribution in [1.29, 1.82) is 0 Å². The summed E-state index contributed by atoms with van der Waals surface area (Å²) in [5, 5.41) is 11.0. The number of nitrogens with zero attached hydrogens (tertiary/aromatic N) is 2. The lowest BCUT2D eigenvalue weighted by atomic mass is 9.84. The van der Waals surface area contributed by atoms with Gasteiger partial charge in [0.05, 0.1) is 5.52 Å². The molecule has 4 heterocycles. The van der Waals surface area contributed by atoms with Crippen LogP contribution in [0.1, 0.15) is 23.3 Å². The molecule has 21 heavy (non-hydrogen) atoms. The molecule has 0 spiro atoms. The number of nitrogens with one attached hydrogen (secondary N) is 2. The highest BCUT2D eigenvalue weighted by atomic mass is 16.2. The van der Waals surface area contributed by atoms with Crippen molar-refractivity contribution in [3.8, 4) is 0 Å². The molecular formula is C15H19N5O. The summed E-state index contributed by atoms with van der Waals surface area (Å²) < 4.78 is 0. The van der Waals surface area contributed by atoms with Gasteiger partial charge < -0.3 is 16.0 Å². The molecule has 3 aliphatic rings. The number of amides is 1. The molecule has 0 unspecified atom stereocenters. The Morgan fingerprint density at radius 2 is 2.19 bits per heavy atom. The Kier molecular flexibility index (Phi) is 2.85. The van der Waals surface area contributed by atoms with Gasteiger partial charge in [-0.15, -0.1) is 0 Å². The molecule has 3 saturated heterocycles. The Balaban J connectivity index is 1.57. The minimum absolute atomic E-state index is 0.106. The lowest BCUT2D eigenvalue weighted by Gasteiger charge is -2.44. The van der Waals surface area contributed by atoms with Gasteiger partial charge in [0.15, 0.2) is 5.69 Å². The lowest BCUT2D eigenvalue weighted by Crippen LogP contribution is -2.57. The van der Waals surface area contributed by atoms with Gasteiger partial charge in [0.2, 0.25) is 0 Å². The second-order valence-electron chi connectivity index (χ2n) is 6.10. The third-order valence-electron chi connectivity index (χ3n) is 4.77. The highest BCUT2D eigenvalue weighted by Crippen LogP contribution is 2.28. The normalized spacial score (nSPS) is 27.9. The van der Waals surface area contributed by atoms with E-state index < -0.39 is 0 Å². The van der Waals surface area contributed by atoms with Crippen molar-refractivity contribution in [3.05, 3.63) is 23.9 Å². The van der Waals surface area contributed by atoms with E-state index in [1.165, 1.54) is 25.9 Å². The monoisotopic (exact) mass is 285 g/mol. The first kappa shape index (κ1) is 12.6. The number of benzene rings is 1. The van der Waals surface area contributed by atoms with Gasteiger partial charge in [-0.1, -0.05) is 0 Å². The first-order chi connectivity index (χ1) is 10.2. The summed E-state index contributed by atoms with van der Waals surface area (Å²) in [6.45, 7) is 3.29. The number of anilines is 1. The number of carbonyl (C=O) groups excluding carboxylic acids is 1. The summed E-state index contributed by atoms with van der Waals surface area (Å²) in [5.41, 5.74) is 7.72. The van der Waals surface area contributed by atoms with Crippen LogP contribution in [0, 0.1) is 5.92 Å². The fourth-order valence-corrected chi connectivity index (χ4v) is 3.57. The van der Waals surface area contributed by atoms with E-state index in [0.29, 0.717) is 17.3 Å². The predicted molar refractivity (Wildman–Crippen MR) is 80.9 cm³/mol. The fourth-order valence-electron chi connectivity index (χ4n) is 3.57. The van der Waals surface area contributed by atoms with E-state index in [9.17, 15) is 4.79 Å². The van der Waals surface area contributed by atoms with Gasteiger partial charge in [-0.25, -0.2) is 0 Å². The van der Waals surface area contributed by atoms with Crippen molar-refractivity contribution in [2.24, 2.45) is 5.92 Å².